The Morgan fingerprint density at radius 3 is 2.74 bits per heavy atom. The molecule has 0 saturated carbocycles. The van der Waals surface area contributed by atoms with Crippen LogP contribution in [0.15, 0.2) is 18.2 Å². The van der Waals surface area contributed by atoms with Crippen molar-refractivity contribution in [3.8, 4) is 0 Å². The van der Waals surface area contributed by atoms with E-state index < -0.39 is 11.6 Å². The predicted octanol–water partition coefficient (Wildman–Crippen LogP) is 1.65. The minimum absolute atomic E-state index is 0. The lowest BCUT2D eigenvalue weighted by molar-refractivity contribution is -0.121. The summed E-state index contributed by atoms with van der Waals surface area (Å²) in [6.45, 7) is 2.51. The number of carbonyl (C=O) groups excluding carboxylic acids is 1. The maximum absolute atomic E-state index is 13.3. The monoisotopic (exact) mass is 290 g/mol. The molecule has 1 aromatic rings. The Hall–Kier alpha value is -1.20. The third-order valence-electron chi connectivity index (χ3n) is 3.11. The number of amides is 1. The van der Waals surface area contributed by atoms with Crippen LogP contribution in [0.25, 0.3) is 0 Å². The molecule has 6 heteroatoms. The number of halogens is 3. The average molecular weight is 291 g/mol. The minimum atomic E-state index is -0.867. The Labute approximate surface area is 117 Å². The molecule has 0 atom stereocenters. The van der Waals surface area contributed by atoms with Gasteiger partial charge in [-0.2, -0.15) is 0 Å². The molecule has 0 spiro atoms. The number of benzene rings is 1. The van der Waals surface area contributed by atoms with E-state index in [-0.39, 0.29) is 36.7 Å². The van der Waals surface area contributed by atoms with Crippen LogP contribution in [0, 0.1) is 17.6 Å². The van der Waals surface area contributed by atoms with Crippen LogP contribution >= 0.6 is 12.4 Å². The van der Waals surface area contributed by atoms with Gasteiger partial charge in [0.15, 0.2) is 11.6 Å². The third kappa shape index (κ3) is 4.44. The van der Waals surface area contributed by atoms with Gasteiger partial charge >= 0.3 is 0 Å². The van der Waals surface area contributed by atoms with Crippen molar-refractivity contribution in [3.63, 3.8) is 0 Å². The van der Waals surface area contributed by atoms with Crippen LogP contribution < -0.4 is 10.6 Å². The smallest absolute Gasteiger partial charge is 0.220 e. The van der Waals surface area contributed by atoms with Crippen molar-refractivity contribution in [2.24, 2.45) is 5.92 Å². The van der Waals surface area contributed by atoms with Crippen molar-refractivity contribution in [1.82, 2.24) is 10.6 Å². The van der Waals surface area contributed by atoms with Gasteiger partial charge in [-0.15, -0.1) is 12.4 Å². The zero-order chi connectivity index (χ0) is 13.0. The fourth-order valence-electron chi connectivity index (χ4n) is 1.83. The second kappa shape index (κ2) is 7.40. The van der Waals surface area contributed by atoms with Crippen molar-refractivity contribution in [3.05, 3.63) is 35.4 Å². The SMILES string of the molecule is Cl.O=C(CCc1cccc(F)c1F)NCC1CNC1. The first-order chi connectivity index (χ1) is 8.66. The van der Waals surface area contributed by atoms with E-state index in [0.29, 0.717) is 12.5 Å². The fraction of sp³-hybridized carbons (Fsp3) is 0.462. The Balaban J connectivity index is 0.00000180. The summed E-state index contributed by atoms with van der Waals surface area (Å²) in [5, 5.41) is 5.91. The first-order valence-electron chi connectivity index (χ1n) is 6.07. The van der Waals surface area contributed by atoms with Crippen LogP contribution in [-0.4, -0.2) is 25.5 Å². The van der Waals surface area contributed by atoms with Gasteiger partial charge in [0, 0.05) is 32.0 Å². The van der Waals surface area contributed by atoms with E-state index in [0.717, 1.165) is 19.2 Å². The number of aryl methyl sites for hydroxylation is 1. The topological polar surface area (TPSA) is 41.1 Å². The molecule has 1 aliphatic heterocycles. The molecule has 1 fully saturated rings. The van der Waals surface area contributed by atoms with E-state index in [1.54, 1.807) is 0 Å². The van der Waals surface area contributed by atoms with Crippen LogP contribution in [0.2, 0.25) is 0 Å². The van der Waals surface area contributed by atoms with Gasteiger partial charge in [-0.1, -0.05) is 12.1 Å². The van der Waals surface area contributed by atoms with Gasteiger partial charge < -0.3 is 10.6 Å². The summed E-state index contributed by atoms with van der Waals surface area (Å²) in [6.07, 6.45) is 0.402. The summed E-state index contributed by atoms with van der Waals surface area (Å²) in [5.74, 6) is -1.34. The number of hydrogen-bond donors (Lipinski definition) is 2. The van der Waals surface area contributed by atoms with Crippen LogP contribution in [0.1, 0.15) is 12.0 Å². The molecule has 1 aromatic carbocycles. The van der Waals surface area contributed by atoms with Crippen molar-refractivity contribution in [2.75, 3.05) is 19.6 Å². The standard InChI is InChI=1S/C13H16F2N2O.ClH/c14-11-3-1-2-10(13(11)15)4-5-12(18)17-8-9-6-16-7-9;/h1-3,9,16H,4-8H2,(H,17,18);1H. The third-order valence-corrected chi connectivity index (χ3v) is 3.11. The van der Waals surface area contributed by atoms with Crippen molar-refractivity contribution < 1.29 is 13.6 Å². The van der Waals surface area contributed by atoms with Crippen LogP contribution in [-0.2, 0) is 11.2 Å². The Morgan fingerprint density at radius 1 is 1.37 bits per heavy atom. The molecule has 1 saturated heterocycles. The predicted molar refractivity (Wildman–Crippen MR) is 71.3 cm³/mol. The maximum Gasteiger partial charge on any atom is 0.220 e. The summed E-state index contributed by atoms with van der Waals surface area (Å²) >= 11 is 0. The number of rotatable bonds is 5. The Morgan fingerprint density at radius 2 is 2.11 bits per heavy atom. The zero-order valence-electron chi connectivity index (χ0n) is 10.4. The minimum Gasteiger partial charge on any atom is -0.356 e. The summed E-state index contributed by atoms with van der Waals surface area (Å²) < 4.78 is 26.2. The van der Waals surface area contributed by atoms with E-state index in [2.05, 4.69) is 10.6 Å². The second-order valence-corrected chi connectivity index (χ2v) is 4.54. The lowest BCUT2D eigenvalue weighted by Gasteiger charge is -2.27. The van der Waals surface area contributed by atoms with Gasteiger partial charge in [0.25, 0.3) is 0 Å². The first-order valence-corrected chi connectivity index (χ1v) is 6.07. The highest BCUT2D eigenvalue weighted by Gasteiger charge is 2.17. The summed E-state index contributed by atoms with van der Waals surface area (Å²) in [5.41, 5.74) is 0.246. The molecule has 106 valence electrons. The lowest BCUT2D eigenvalue weighted by atomic mass is 10.0. The molecule has 2 N–H and O–H groups in total. The van der Waals surface area contributed by atoms with Gasteiger partial charge in [-0.25, -0.2) is 8.78 Å². The maximum atomic E-state index is 13.3. The van der Waals surface area contributed by atoms with E-state index >= 15 is 0 Å². The van der Waals surface area contributed by atoms with Crippen LogP contribution in [0.5, 0.6) is 0 Å². The van der Waals surface area contributed by atoms with Crippen LogP contribution in [0.4, 0.5) is 8.78 Å². The first kappa shape index (κ1) is 15.9. The van der Waals surface area contributed by atoms with Gasteiger partial charge in [-0.3, -0.25) is 4.79 Å². The van der Waals surface area contributed by atoms with Crippen molar-refractivity contribution >= 4 is 18.3 Å². The molecular formula is C13H17ClF2N2O. The summed E-state index contributed by atoms with van der Waals surface area (Å²) in [4.78, 5) is 11.5. The van der Waals surface area contributed by atoms with Crippen LogP contribution in [0.3, 0.4) is 0 Å². The van der Waals surface area contributed by atoms with E-state index in [9.17, 15) is 13.6 Å². The number of hydrogen-bond acceptors (Lipinski definition) is 2. The quantitative estimate of drug-likeness (QED) is 0.866. The second-order valence-electron chi connectivity index (χ2n) is 4.54. The molecular weight excluding hydrogens is 274 g/mol. The molecule has 1 heterocycles. The van der Waals surface area contributed by atoms with Gasteiger partial charge in [-0.05, 0) is 18.1 Å². The summed E-state index contributed by atoms with van der Waals surface area (Å²) in [7, 11) is 0. The molecule has 2 rings (SSSR count). The number of nitrogens with one attached hydrogen (secondary N) is 2. The van der Waals surface area contributed by atoms with Gasteiger partial charge in [0.05, 0.1) is 0 Å². The molecule has 1 aliphatic rings. The van der Waals surface area contributed by atoms with Gasteiger partial charge in [0.1, 0.15) is 0 Å². The molecule has 0 bridgehead atoms. The van der Waals surface area contributed by atoms with Gasteiger partial charge in [0.2, 0.25) is 5.91 Å². The molecule has 19 heavy (non-hydrogen) atoms. The highest BCUT2D eigenvalue weighted by atomic mass is 35.5. The summed E-state index contributed by atoms with van der Waals surface area (Å²) in [6, 6.07) is 4.02. The highest BCUT2D eigenvalue weighted by molar-refractivity contribution is 5.85. The zero-order valence-corrected chi connectivity index (χ0v) is 11.2. The number of carbonyl (C=O) groups is 1. The van der Waals surface area contributed by atoms with E-state index in [4.69, 9.17) is 0 Å². The molecule has 0 radical (unpaired) electrons. The molecule has 3 nitrogen and oxygen atoms in total. The van der Waals surface area contributed by atoms with E-state index in [1.165, 1.54) is 12.1 Å². The molecule has 0 aromatic heterocycles. The Bertz CT molecular complexity index is 439. The lowest BCUT2D eigenvalue weighted by Crippen LogP contribution is -2.48. The Kier molecular flexibility index (Phi) is 6.18. The molecule has 1 amide bonds. The molecule has 0 aliphatic carbocycles. The van der Waals surface area contributed by atoms with Crippen molar-refractivity contribution in [2.45, 2.75) is 12.8 Å². The average Bonchev–Trinajstić information content (AvgIpc) is 2.29. The normalized spacial score (nSPS) is 14.4. The van der Waals surface area contributed by atoms with E-state index in [1.807, 2.05) is 0 Å². The largest absolute Gasteiger partial charge is 0.356 e. The highest BCUT2D eigenvalue weighted by Crippen LogP contribution is 2.13. The fourth-order valence-corrected chi connectivity index (χ4v) is 1.83. The van der Waals surface area contributed by atoms with Crippen molar-refractivity contribution in [1.29, 1.82) is 0 Å². The molecule has 0 unspecified atom stereocenters.